The van der Waals surface area contributed by atoms with Crippen molar-refractivity contribution < 1.29 is 23.9 Å². The van der Waals surface area contributed by atoms with Crippen molar-refractivity contribution in [3.63, 3.8) is 0 Å². The largest absolute Gasteiger partial charge is 0.485 e. The van der Waals surface area contributed by atoms with Crippen LogP contribution in [0.15, 0.2) is 47.4 Å². The molecule has 0 spiro atoms. The molecule has 4 rings (SSSR count). The molecule has 0 aromatic heterocycles. The summed E-state index contributed by atoms with van der Waals surface area (Å²) >= 11 is 12.7. The minimum absolute atomic E-state index is 0.0410. The number of carbonyl (C=O) groups is 3. The number of hydrogen-bond donors (Lipinski definition) is 1. The van der Waals surface area contributed by atoms with Gasteiger partial charge in [-0.3, -0.25) is 19.3 Å². The van der Waals surface area contributed by atoms with E-state index in [4.69, 9.17) is 32.7 Å². The van der Waals surface area contributed by atoms with E-state index in [1.807, 2.05) is 6.07 Å². The van der Waals surface area contributed by atoms with Crippen LogP contribution in [0.2, 0.25) is 10.0 Å². The van der Waals surface area contributed by atoms with Gasteiger partial charge >= 0.3 is 0 Å². The van der Waals surface area contributed by atoms with E-state index in [1.165, 1.54) is 0 Å². The molecule has 7 nitrogen and oxygen atoms in total. The van der Waals surface area contributed by atoms with Gasteiger partial charge in [0, 0.05) is 13.1 Å². The molecule has 31 heavy (non-hydrogen) atoms. The minimum atomic E-state index is -0.806. The molecule has 2 aromatic rings. The highest BCUT2D eigenvalue weighted by molar-refractivity contribution is 8.18. The summed E-state index contributed by atoms with van der Waals surface area (Å²) in [5.74, 6) is 0.264. The van der Waals surface area contributed by atoms with Gasteiger partial charge in [0.25, 0.3) is 17.1 Å². The maximum absolute atomic E-state index is 12.6. The van der Waals surface area contributed by atoms with Crippen molar-refractivity contribution >= 4 is 58.1 Å². The molecule has 1 N–H and O–H groups in total. The van der Waals surface area contributed by atoms with E-state index in [0.29, 0.717) is 27.1 Å². The van der Waals surface area contributed by atoms with Crippen LogP contribution in [-0.2, 0) is 9.59 Å². The number of rotatable bonds is 5. The summed E-state index contributed by atoms with van der Waals surface area (Å²) < 4.78 is 11.2. The summed E-state index contributed by atoms with van der Waals surface area (Å²) in [6.07, 6.45) is 0.774. The van der Waals surface area contributed by atoms with E-state index in [1.54, 1.807) is 42.5 Å². The Balaban J connectivity index is 1.32. The third-order valence-electron chi connectivity index (χ3n) is 4.55. The first kappa shape index (κ1) is 21.5. The summed E-state index contributed by atoms with van der Waals surface area (Å²) in [6.45, 7) is 0.217. The number of fused-ring (bicyclic) bond motifs is 1. The minimum Gasteiger partial charge on any atom is -0.485 e. The molecule has 10 heteroatoms. The monoisotopic (exact) mass is 478 g/mol. The molecule has 1 atom stereocenters. The molecule has 160 valence electrons. The first-order valence-corrected chi connectivity index (χ1v) is 10.9. The standard InChI is InChI=1S/C21H16Cl2N2O5S/c22-13-6-5-12(9-14(13)23)10-18-20(27)25(21(28)31-18)8-7-24-19(26)17-11-29-15-3-1-2-4-16(15)30-17/h1-6,9-10,17H,7-8,11H2,(H,24,26). The Morgan fingerprint density at radius 1 is 1.16 bits per heavy atom. The number of carbonyl (C=O) groups excluding carboxylic acids is 3. The molecule has 2 aliphatic rings. The van der Waals surface area contributed by atoms with Crippen LogP contribution in [0.3, 0.4) is 0 Å². The molecule has 1 fully saturated rings. The second-order valence-electron chi connectivity index (χ2n) is 6.66. The number of imide groups is 1. The molecule has 2 aromatic carbocycles. The fraction of sp³-hybridized carbons (Fsp3) is 0.190. The summed E-state index contributed by atoms with van der Waals surface area (Å²) in [6, 6.07) is 12.0. The van der Waals surface area contributed by atoms with Crippen LogP contribution in [0.25, 0.3) is 6.08 Å². The van der Waals surface area contributed by atoms with Crippen LogP contribution in [0.1, 0.15) is 5.56 Å². The Morgan fingerprint density at radius 3 is 2.71 bits per heavy atom. The van der Waals surface area contributed by atoms with Crippen molar-refractivity contribution in [3.8, 4) is 11.5 Å². The van der Waals surface area contributed by atoms with Crippen molar-refractivity contribution in [3.05, 3.63) is 63.0 Å². The summed E-state index contributed by atoms with van der Waals surface area (Å²) in [5.41, 5.74) is 0.655. The lowest BCUT2D eigenvalue weighted by atomic mass is 10.2. The van der Waals surface area contributed by atoms with Crippen molar-refractivity contribution in [2.75, 3.05) is 19.7 Å². The Labute approximate surface area is 192 Å². The van der Waals surface area contributed by atoms with E-state index in [0.717, 1.165) is 16.7 Å². The quantitative estimate of drug-likeness (QED) is 0.654. The molecule has 0 radical (unpaired) electrons. The normalized spacial score (nSPS) is 19.1. The molecular formula is C21H16Cl2N2O5S. The zero-order chi connectivity index (χ0) is 22.0. The number of benzene rings is 2. The van der Waals surface area contributed by atoms with Crippen molar-refractivity contribution in [1.82, 2.24) is 10.2 Å². The Morgan fingerprint density at radius 2 is 1.94 bits per heavy atom. The van der Waals surface area contributed by atoms with Gasteiger partial charge in [-0.1, -0.05) is 41.4 Å². The van der Waals surface area contributed by atoms with Crippen LogP contribution in [-0.4, -0.2) is 47.8 Å². The van der Waals surface area contributed by atoms with Crippen molar-refractivity contribution in [2.24, 2.45) is 0 Å². The zero-order valence-corrected chi connectivity index (χ0v) is 18.3. The SMILES string of the molecule is O=C(NCCN1C(=O)SC(=Cc2ccc(Cl)c(Cl)c2)C1=O)C1COc2ccccc2O1. The van der Waals surface area contributed by atoms with Crippen LogP contribution < -0.4 is 14.8 Å². The Hall–Kier alpha value is -2.68. The van der Waals surface area contributed by atoms with Crippen LogP contribution >= 0.6 is 35.0 Å². The van der Waals surface area contributed by atoms with Gasteiger partial charge in [-0.2, -0.15) is 0 Å². The predicted molar refractivity (Wildman–Crippen MR) is 119 cm³/mol. The molecule has 1 unspecified atom stereocenters. The number of thioether (sulfide) groups is 1. The van der Waals surface area contributed by atoms with Gasteiger partial charge in [-0.05, 0) is 47.7 Å². The van der Waals surface area contributed by atoms with Crippen molar-refractivity contribution in [1.29, 1.82) is 0 Å². The number of nitrogens with zero attached hydrogens (tertiary/aromatic N) is 1. The first-order valence-electron chi connectivity index (χ1n) is 9.29. The van der Waals surface area contributed by atoms with Crippen LogP contribution in [0.4, 0.5) is 4.79 Å². The van der Waals surface area contributed by atoms with Gasteiger partial charge < -0.3 is 14.8 Å². The third-order valence-corrected chi connectivity index (χ3v) is 6.20. The molecule has 0 bridgehead atoms. The summed E-state index contributed by atoms with van der Waals surface area (Å²) in [7, 11) is 0. The number of nitrogens with one attached hydrogen (secondary N) is 1. The second-order valence-corrected chi connectivity index (χ2v) is 8.47. The van der Waals surface area contributed by atoms with Gasteiger partial charge in [-0.15, -0.1) is 0 Å². The predicted octanol–water partition coefficient (Wildman–Crippen LogP) is 3.99. The summed E-state index contributed by atoms with van der Waals surface area (Å²) in [4.78, 5) is 38.6. The molecular weight excluding hydrogens is 463 g/mol. The number of ether oxygens (including phenoxy) is 2. The van der Waals surface area contributed by atoms with Gasteiger partial charge in [0.2, 0.25) is 6.10 Å². The lowest BCUT2D eigenvalue weighted by Crippen LogP contribution is -2.46. The van der Waals surface area contributed by atoms with Gasteiger partial charge in [0.1, 0.15) is 6.61 Å². The topological polar surface area (TPSA) is 84.9 Å². The van der Waals surface area contributed by atoms with Gasteiger partial charge in [0.05, 0.1) is 15.0 Å². The van der Waals surface area contributed by atoms with Crippen LogP contribution in [0, 0.1) is 0 Å². The number of para-hydroxylation sites is 2. The van der Waals surface area contributed by atoms with E-state index < -0.39 is 17.3 Å². The number of hydrogen-bond acceptors (Lipinski definition) is 6. The van der Waals surface area contributed by atoms with Crippen LogP contribution in [0.5, 0.6) is 11.5 Å². The van der Waals surface area contributed by atoms with E-state index in [9.17, 15) is 14.4 Å². The second kappa shape index (κ2) is 9.21. The molecule has 2 aliphatic heterocycles. The number of amides is 3. The van der Waals surface area contributed by atoms with E-state index in [-0.39, 0.29) is 30.5 Å². The molecule has 0 aliphatic carbocycles. The highest BCUT2D eigenvalue weighted by atomic mass is 35.5. The average Bonchev–Trinajstić information content (AvgIpc) is 3.03. The molecule has 1 saturated heterocycles. The fourth-order valence-electron chi connectivity index (χ4n) is 3.00. The first-order chi connectivity index (χ1) is 14.9. The Kier molecular flexibility index (Phi) is 6.41. The maximum Gasteiger partial charge on any atom is 0.293 e. The fourth-order valence-corrected chi connectivity index (χ4v) is 4.17. The number of halogens is 2. The smallest absolute Gasteiger partial charge is 0.293 e. The molecule has 0 saturated carbocycles. The average molecular weight is 479 g/mol. The van der Waals surface area contributed by atoms with Crippen molar-refractivity contribution in [2.45, 2.75) is 6.10 Å². The lowest BCUT2D eigenvalue weighted by molar-refractivity contribution is -0.131. The van der Waals surface area contributed by atoms with Gasteiger partial charge in [-0.25, -0.2) is 0 Å². The molecule has 3 amide bonds. The van der Waals surface area contributed by atoms with E-state index >= 15 is 0 Å². The maximum atomic E-state index is 12.6. The highest BCUT2D eigenvalue weighted by Gasteiger charge is 2.35. The molecule has 2 heterocycles. The zero-order valence-electron chi connectivity index (χ0n) is 16.0. The third kappa shape index (κ3) is 4.81. The van der Waals surface area contributed by atoms with Gasteiger partial charge in [0.15, 0.2) is 11.5 Å². The highest BCUT2D eigenvalue weighted by Crippen LogP contribution is 2.33. The Bertz CT molecular complexity index is 1090. The lowest BCUT2D eigenvalue weighted by Gasteiger charge is -2.25. The van der Waals surface area contributed by atoms with E-state index in [2.05, 4.69) is 5.32 Å². The summed E-state index contributed by atoms with van der Waals surface area (Å²) in [5, 5.41) is 3.03.